The van der Waals surface area contributed by atoms with Crippen LogP contribution in [0.3, 0.4) is 0 Å². The van der Waals surface area contributed by atoms with Crippen molar-refractivity contribution in [3.8, 4) is 0 Å². The molecule has 1 unspecified atom stereocenters. The lowest BCUT2D eigenvalue weighted by molar-refractivity contribution is -0.136. The lowest BCUT2D eigenvalue weighted by Crippen LogP contribution is -2.41. The van der Waals surface area contributed by atoms with Gasteiger partial charge in [0, 0.05) is 44.3 Å². The monoisotopic (exact) mass is 379 g/mol. The van der Waals surface area contributed by atoms with Crippen LogP contribution in [-0.4, -0.2) is 46.6 Å². The highest BCUT2D eigenvalue weighted by Crippen LogP contribution is 2.54. The molecule has 3 heterocycles. The van der Waals surface area contributed by atoms with E-state index in [2.05, 4.69) is 16.8 Å². The van der Waals surface area contributed by atoms with Gasteiger partial charge in [-0.1, -0.05) is 25.5 Å². The number of fused-ring (bicyclic) bond motifs is 3. The molecule has 1 aromatic carbocycles. The molecule has 3 aliphatic rings. The fourth-order valence-electron chi connectivity index (χ4n) is 5.93. The summed E-state index contributed by atoms with van der Waals surface area (Å²) in [5.74, 6) is 0.912. The second kappa shape index (κ2) is 7.11. The van der Waals surface area contributed by atoms with E-state index in [1.807, 2.05) is 30.5 Å². The number of ether oxygens (including phenoxy) is 1. The van der Waals surface area contributed by atoms with E-state index in [4.69, 9.17) is 9.72 Å². The zero-order chi connectivity index (χ0) is 19.1. The first-order chi connectivity index (χ1) is 13.7. The minimum Gasteiger partial charge on any atom is -0.381 e. The van der Waals surface area contributed by atoms with Crippen LogP contribution in [0, 0.1) is 17.3 Å². The number of hydrogen-bond acceptors (Lipinski definition) is 4. The first-order valence-corrected chi connectivity index (χ1v) is 10.8. The number of nitrogens with zero attached hydrogens (tertiary/aromatic N) is 3. The van der Waals surface area contributed by atoms with Crippen molar-refractivity contribution in [2.24, 2.45) is 17.3 Å². The van der Waals surface area contributed by atoms with Crippen LogP contribution in [0.4, 0.5) is 0 Å². The van der Waals surface area contributed by atoms with E-state index in [1.54, 1.807) is 0 Å². The average molecular weight is 380 g/mol. The van der Waals surface area contributed by atoms with Crippen molar-refractivity contribution in [3.05, 3.63) is 36.2 Å². The third kappa shape index (κ3) is 3.00. The van der Waals surface area contributed by atoms with Crippen molar-refractivity contribution >= 4 is 16.9 Å². The van der Waals surface area contributed by atoms with Gasteiger partial charge < -0.3 is 9.64 Å². The van der Waals surface area contributed by atoms with Gasteiger partial charge in [-0.05, 0) is 49.1 Å². The standard InChI is InChI=1S/C23H29N3O2/c1-16(13-17-14-24-19-6-2-3-7-20(19)25-17)22(27)26-15-23(9-11-28-12-10-23)18-5-4-8-21(18)26/h2-3,6-7,14,16,18,21H,4-5,8-13,15H2,1H3/t16?,18-,21+/m1/s1. The zero-order valence-electron chi connectivity index (χ0n) is 16.6. The number of carbonyl (C=O) groups is 1. The number of amides is 1. The molecule has 2 saturated heterocycles. The van der Waals surface area contributed by atoms with Crippen LogP contribution in [-0.2, 0) is 16.0 Å². The van der Waals surface area contributed by atoms with Crippen LogP contribution >= 0.6 is 0 Å². The van der Waals surface area contributed by atoms with Crippen molar-refractivity contribution in [1.29, 1.82) is 0 Å². The lowest BCUT2D eigenvalue weighted by Gasteiger charge is -2.37. The van der Waals surface area contributed by atoms with Crippen molar-refractivity contribution in [2.45, 2.75) is 51.5 Å². The Labute approximate surface area is 166 Å². The summed E-state index contributed by atoms with van der Waals surface area (Å²) in [6.45, 7) is 4.69. The number of rotatable bonds is 3. The lowest BCUT2D eigenvalue weighted by atomic mass is 9.71. The normalized spacial score (nSPS) is 27.2. The predicted molar refractivity (Wildman–Crippen MR) is 108 cm³/mol. The van der Waals surface area contributed by atoms with E-state index in [0.29, 0.717) is 29.7 Å². The summed E-state index contributed by atoms with van der Waals surface area (Å²) in [6, 6.07) is 8.35. The Kier molecular flexibility index (Phi) is 4.58. The second-order valence-electron chi connectivity index (χ2n) is 9.00. The highest BCUT2D eigenvalue weighted by atomic mass is 16.5. The van der Waals surface area contributed by atoms with Gasteiger partial charge in [0.05, 0.1) is 16.7 Å². The maximum atomic E-state index is 13.4. The molecule has 5 nitrogen and oxygen atoms in total. The summed E-state index contributed by atoms with van der Waals surface area (Å²) in [5, 5.41) is 0. The van der Waals surface area contributed by atoms with E-state index in [0.717, 1.165) is 49.3 Å². The van der Waals surface area contributed by atoms with Gasteiger partial charge in [-0.15, -0.1) is 0 Å². The number of hydrogen-bond donors (Lipinski definition) is 0. The average Bonchev–Trinajstić information content (AvgIpc) is 3.32. The summed E-state index contributed by atoms with van der Waals surface area (Å²) in [6.07, 6.45) is 8.41. The Bertz CT molecular complexity index is 877. The molecule has 3 atom stereocenters. The molecule has 0 N–H and O–H groups in total. The molecule has 1 aliphatic carbocycles. The summed E-state index contributed by atoms with van der Waals surface area (Å²) >= 11 is 0. The molecule has 0 radical (unpaired) electrons. The van der Waals surface area contributed by atoms with Crippen LogP contribution in [0.5, 0.6) is 0 Å². The number of benzene rings is 1. The van der Waals surface area contributed by atoms with Crippen LogP contribution in [0.2, 0.25) is 0 Å². The molecule has 3 fully saturated rings. The minimum absolute atomic E-state index is 0.0632. The molecule has 1 spiro atoms. The second-order valence-corrected chi connectivity index (χ2v) is 9.00. The number of aromatic nitrogens is 2. The van der Waals surface area contributed by atoms with E-state index in [1.165, 1.54) is 19.3 Å². The van der Waals surface area contributed by atoms with Gasteiger partial charge in [-0.25, -0.2) is 4.98 Å². The fraction of sp³-hybridized carbons (Fsp3) is 0.609. The van der Waals surface area contributed by atoms with E-state index in [9.17, 15) is 4.79 Å². The number of para-hydroxylation sites is 2. The Morgan fingerprint density at radius 2 is 2.04 bits per heavy atom. The maximum Gasteiger partial charge on any atom is 0.226 e. The third-order valence-electron chi connectivity index (χ3n) is 7.36. The van der Waals surface area contributed by atoms with Gasteiger partial charge in [0.1, 0.15) is 0 Å². The van der Waals surface area contributed by atoms with Gasteiger partial charge >= 0.3 is 0 Å². The van der Waals surface area contributed by atoms with Crippen LogP contribution in [0.25, 0.3) is 11.0 Å². The molecule has 1 saturated carbocycles. The topological polar surface area (TPSA) is 55.3 Å². The van der Waals surface area contributed by atoms with Crippen LogP contribution in [0.15, 0.2) is 30.5 Å². The first kappa shape index (κ1) is 18.0. The van der Waals surface area contributed by atoms with Crippen molar-refractivity contribution in [2.75, 3.05) is 19.8 Å². The van der Waals surface area contributed by atoms with Crippen molar-refractivity contribution in [3.63, 3.8) is 0 Å². The first-order valence-electron chi connectivity index (χ1n) is 10.8. The molecule has 1 aromatic heterocycles. The molecular formula is C23H29N3O2. The molecule has 148 valence electrons. The fourth-order valence-corrected chi connectivity index (χ4v) is 5.93. The Morgan fingerprint density at radius 1 is 1.25 bits per heavy atom. The van der Waals surface area contributed by atoms with Gasteiger partial charge in [0.25, 0.3) is 0 Å². The van der Waals surface area contributed by atoms with Gasteiger partial charge in [-0.2, -0.15) is 0 Å². The van der Waals surface area contributed by atoms with Crippen LogP contribution < -0.4 is 0 Å². The summed E-state index contributed by atoms with van der Waals surface area (Å²) in [4.78, 5) is 24.9. The molecule has 0 bridgehead atoms. The van der Waals surface area contributed by atoms with E-state index < -0.39 is 0 Å². The Balaban J connectivity index is 1.33. The molecule has 5 rings (SSSR count). The molecule has 5 heteroatoms. The molecule has 2 aromatic rings. The summed E-state index contributed by atoms with van der Waals surface area (Å²) < 4.78 is 5.64. The van der Waals surface area contributed by atoms with E-state index >= 15 is 0 Å². The van der Waals surface area contributed by atoms with E-state index in [-0.39, 0.29) is 5.92 Å². The Hall–Kier alpha value is -2.01. The number of carbonyl (C=O) groups excluding carboxylic acids is 1. The quantitative estimate of drug-likeness (QED) is 0.817. The minimum atomic E-state index is -0.0632. The van der Waals surface area contributed by atoms with Gasteiger partial charge in [-0.3, -0.25) is 9.78 Å². The largest absolute Gasteiger partial charge is 0.381 e. The SMILES string of the molecule is CC(Cc1cnc2ccccc2n1)C(=O)N1CC2(CCOCC2)[C@@H]2CCC[C@@H]21. The molecule has 28 heavy (non-hydrogen) atoms. The molecular weight excluding hydrogens is 350 g/mol. The smallest absolute Gasteiger partial charge is 0.226 e. The highest BCUT2D eigenvalue weighted by molar-refractivity contribution is 5.80. The Morgan fingerprint density at radius 3 is 2.86 bits per heavy atom. The molecule has 1 amide bonds. The van der Waals surface area contributed by atoms with Gasteiger partial charge in [0.15, 0.2) is 0 Å². The number of likely N-dealkylation sites (tertiary alicyclic amines) is 1. The maximum absolute atomic E-state index is 13.4. The third-order valence-corrected chi connectivity index (χ3v) is 7.36. The van der Waals surface area contributed by atoms with Crippen molar-refractivity contribution in [1.82, 2.24) is 14.9 Å². The summed E-state index contributed by atoms with van der Waals surface area (Å²) in [5.41, 5.74) is 3.01. The zero-order valence-corrected chi connectivity index (χ0v) is 16.6. The highest BCUT2D eigenvalue weighted by Gasteiger charge is 2.55. The predicted octanol–water partition coefficient (Wildman–Crippen LogP) is 3.62. The van der Waals surface area contributed by atoms with Crippen LogP contribution in [0.1, 0.15) is 44.7 Å². The molecule has 2 aliphatic heterocycles. The van der Waals surface area contributed by atoms with Gasteiger partial charge in [0.2, 0.25) is 5.91 Å². The summed E-state index contributed by atoms with van der Waals surface area (Å²) in [7, 11) is 0. The van der Waals surface area contributed by atoms with Crippen molar-refractivity contribution < 1.29 is 9.53 Å².